The van der Waals surface area contributed by atoms with Crippen molar-refractivity contribution in [3.05, 3.63) is 65.7 Å². The molecule has 0 saturated heterocycles. The minimum absolute atomic E-state index is 0.0410. The monoisotopic (exact) mass is 423 g/mol. The van der Waals surface area contributed by atoms with Gasteiger partial charge in [-0.05, 0) is 42.0 Å². The summed E-state index contributed by atoms with van der Waals surface area (Å²) in [7, 11) is 0. The van der Waals surface area contributed by atoms with Gasteiger partial charge < -0.3 is 20.7 Å². The van der Waals surface area contributed by atoms with Crippen LogP contribution in [0.2, 0.25) is 0 Å². The zero-order chi connectivity index (χ0) is 22.2. The SMILES string of the molecule is CC(C)[C@H](NC(=O)OCc1ccccc1)C(=O)NCc1cccc(NC(=O)C2CC2)c1. The van der Waals surface area contributed by atoms with Gasteiger partial charge in [0.1, 0.15) is 12.6 Å². The molecule has 1 fully saturated rings. The Morgan fingerprint density at radius 3 is 2.39 bits per heavy atom. The molecule has 3 amide bonds. The van der Waals surface area contributed by atoms with Crippen molar-refractivity contribution in [3.8, 4) is 0 Å². The lowest BCUT2D eigenvalue weighted by Crippen LogP contribution is -2.49. The Bertz CT molecular complexity index is 910. The molecule has 1 aliphatic carbocycles. The van der Waals surface area contributed by atoms with E-state index in [1.54, 1.807) is 0 Å². The lowest BCUT2D eigenvalue weighted by atomic mass is 10.0. The molecule has 1 atom stereocenters. The number of carbonyl (C=O) groups excluding carboxylic acids is 3. The highest BCUT2D eigenvalue weighted by Gasteiger charge is 2.29. The maximum Gasteiger partial charge on any atom is 0.408 e. The number of carbonyl (C=O) groups is 3. The van der Waals surface area contributed by atoms with Crippen molar-refractivity contribution >= 4 is 23.6 Å². The Hall–Kier alpha value is -3.35. The summed E-state index contributed by atoms with van der Waals surface area (Å²) >= 11 is 0. The summed E-state index contributed by atoms with van der Waals surface area (Å²) in [6, 6.07) is 16.0. The smallest absolute Gasteiger partial charge is 0.408 e. The van der Waals surface area contributed by atoms with Gasteiger partial charge in [-0.25, -0.2) is 4.79 Å². The van der Waals surface area contributed by atoms with Crippen LogP contribution in [-0.4, -0.2) is 23.9 Å². The van der Waals surface area contributed by atoms with Crippen LogP contribution in [0.5, 0.6) is 0 Å². The van der Waals surface area contributed by atoms with Crippen LogP contribution in [0.25, 0.3) is 0 Å². The van der Waals surface area contributed by atoms with Crippen molar-refractivity contribution in [1.29, 1.82) is 0 Å². The first-order valence-corrected chi connectivity index (χ1v) is 10.6. The zero-order valence-corrected chi connectivity index (χ0v) is 17.9. The van der Waals surface area contributed by atoms with Gasteiger partial charge in [-0.1, -0.05) is 56.3 Å². The molecule has 7 nitrogen and oxygen atoms in total. The van der Waals surface area contributed by atoms with Crippen molar-refractivity contribution < 1.29 is 19.1 Å². The Balaban J connectivity index is 1.49. The van der Waals surface area contributed by atoms with Crippen LogP contribution >= 0.6 is 0 Å². The second-order valence-electron chi connectivity index (χ2n) is 8.11. The number of anilines is 1. The summed E-state index contributed by atoms with van der Waals surface area (Å²) in [5.41, 5.74) is 2.44. The molecule has 1 aliphatic rings. The highest BCUT2D eigenvalue weighted by molar-refractivity contribution is 5.94. The van der Waals surface area contributed by atoms with Crippen LogP contribution < -0.4 is 16.0 Å². The molecule has 0 aliphatic heterocycles. The summed E-state index contributed by atoms with van der Waals surface area (Å²) in [4.78, 5) is 36.8. The van der Waals surface area contributed by atoms with Gasteiger partial charge >= 0.3 is 6.09 Å². The third-order valence-corrected chi connectivity index (χ3v) is 5.04. The predicted molar refractivity (Wildman–Crippen MR) is 118 cm³/mol. The summed E-state index contributed by atoms with van der Waals surface area (Å²) in [6.45, 7) is 4.14. The Labute approximate surface area is 182 Å². The van der Waals surface area contributed by atoms with E-state index in [4.69, 9.17) is 4.74 Å². The van der Waals surface area contributed by atoms with Gasteiger partial charge in [0.25, 0.3) is 0 Å². The Morgan fingerprint density at radius 2 is 1.71 bits per heavy atom. The molecule has 2 aromatic rings. The Morgan fingerprint density at radius 1 is 1.00 bits per heavy atom. The molecule has 164 valence electrons. The van der Waals surface area contributed by atoms with Crippen LogP contribution in [0, 0.1) is 11.8 Å². The van der Waals surface area contributed by atoms with Gasteiger partial charge in [-0.3, -0.25) is 9.59 Å². The standard InChI is InChI=1S/C24H29N3O4/c1-16(2)21(27-24(30)31-15-17-7-4-3-5-8-17)23(29)25-14-18-9-6-10-20(13-18)26-22(28)19-11-12-19/h3-10,13,16,19,21H,11-12,14-15H2,1-2H3,(H,25,29)(H,26,28)(H,27,30)/t21-/m0/s1. The molecule has 0 spiro atoms. The molecule has 7 heteroatoms. The molecule has 0 aromatic heterocycles. The number of alkyl carbamates (subject to hydrolysis) is 1. The van der Waals surface area contributed by atoms with Crippen molar-refractivity contribution in [2.45, 2.75) is 45.9 Å². The van der Waals surface area contributed by atoms with E-state index in [2.05, 4.69) is 16.0 Å². The van der Waals surface area contributed by atoms with Crippen molar-refractivity contribution in [1.82, 2.24) is 10.6 Å². The molecule has 2 aromatic carbocycles. The quantitative estimate of drug-likeness (QED) is 0.574. The van der Waals surface area contributed by atoms with E-state index in [0.29, 0.717) is 5.69 Å². The fourth-order valence-electron chi connectivity index (χ4n) is 3.07. The molecule has 31 heavy (non-hydrogen) atoms. The fourth-order valence-corrected chi connectivity index (χ4v) is 3.07. The first-order valence-electron chi connectivity index (χ1n) is 10.6. The lowest BCUT2D eigenvalue weighted by molar-refractivity contribution is -0.124. The summed E-state index contributed by atoms with van der Waals surface area (Å²) < 4.78 is 5.23. The normalized spacial score (nSPS) is 13.9. The number of hydrogen-bond acceptors (Lipinski definition) is 4. The maximum atomic E-state index is 12.7. The number of benzene rings is 2. The molecule has 3 rings (SSSR count). The minimum Gasteiger partial charge on any atom is -0.445 e. The topological polar surface area (TPSA) is 96.5 Å². The van der Waals surface area contributed by atoms with Gasteiger partial charge in [0.2, 0.25) is 11.8 Å². The summed E-state index contributed by atoms with van der Waals surface area (Å²) in [6.07, 6.45) is 1.25. The maximum absolute atomic E-state index is 12.7. The fraction of sp³-hybridized carbons (Fsp3) is 0.375. The van der Waals surface area contributed by atoms with E-state index in [0.717, 1.165) is 24.0 Å². The van der Waals surface area contributed by atoms with Crippen LogP contribution in [-0.2, 0) is 27.5 Å². The van der Waals surface area contributed by atoms with Gasteiger partial charge in [-0.2, -0.15) is 0 Å². The molecular weight excluding hydrogens is 394 g/mol. The van der Waals surface area contributed by atoms with Crippen LogP contribution in [0.4, 0.5) is 10.5 Å². The van der Waals surface area contributed by atoms with Gasteiger partial charge in [0, 0.05) is 18.2 Å². The van der Waals surface area contributed by atoms with Crippen molar-refractivity contribution in [2.24, 2.45) is 11.8 Å². The van der Waals surface area contributed by atoms with Crippen molar-refractivity contribution in [3.63, 3.8) is 0 Å². The van der Waals surface area contributed by atoms with Gasteiger partial charge in [0.15, 0.2) is 0 Å². The predicted octanol–water partition coefficient (Wildman–Crippen LogP) is 3.60. The van der Waals surface area contributed by atoms with Gasteiger partial charge in [-0.15, -0.1) is 0 Å². The van der Waals surface area contributed by atoms with Crippen LogP contribution in [0.1, 0.15) is 37.8 Å². The average molecular weight is 424 g/mol. The second kappa shape index (κ2) is 10.6. The third kappa shape index (κ3) is 7.13. The van der Waals surface area contributed by atoms with E-state index in [-0.39, 0.29) is 36.8 Å². The summed E-state index contributed by atoms with van der Waals surface area (Å²) in [5.74, 6) is -0.241. The molecule has 0 unspecified atom stereocenters. The number of amides is 3. The second-order valence-corrected chi connectivity index (χ2v) is 8.11. The molecule has 0 bridgehead atoms. The molecule has 3 N–H and O–H groups in total. The van der Waals surface area contributed by atoms with E-state index in [1.165, 1.54) is 0 Å². The first kappa shape index (κ1) is 22.3. The summed E-state index contributed by atoms with van der Waals surface area (Å²) in [5, 5.41) is 8.40. The van der Waals surface area contributed by atoms with Crippen LogP contribution in [0.3, 0.4) is 0 Å². The molecule has 0 radical (unpaired) electrons. The highest BCUT2D eigenvalue weighted by atomic mass is 16.5. The lowest BCUT2D eigenvalue weighted by Gasteiger charge is -2.21. The average Bonchev–Trinajstić information content (AvgIpc) is 3.61. The van der Waals surface area contributed by atoms with Gasteiger partial charge in [0.05, 0.1) is 0 Å². The van der Waals surface area contributed by atoms with E-state index < -0.39 is 12.1 Å². The van der Waals surface area contributed by atoms with E-state index in [1.807, 2.05) is 68.4 Å². The Kier molecular flexibility index (Phi) is 7.65. The van der Waals surface area contributed by atoms with E-state index >= 15 is 0 Å². The largest absolute Gasteiger partial charge is 0.445 e. The molecular formula is C24H29N3O4. The highest BCUT2D eigenvalue weighted by Crippen LogP contribution is 2.30. The molecule has 1 saturated carbocycles. The third-order valence-electron chi connectivity index (χ3n) is 5.04. The number of nitrogens with one attached hydrogen (secondary N) is 3. The minimum atomic E-state index is -0.721. The number of rotatable bonds is 9. The first-order chi connectivity index (χ1) is 14.9. The zero-order valence-electron chi connectivity index (χ0n) is 17.9. The molecule has 0 heterocycles. The number of ether oxygens (including phenoxy) is 1. The van der Waals surface area contributed by atoms with E-state index in [9.17, 15) is 14.4 Å². The van der Waals surface area contributed by atoms with Crippen LogP contribution in [0.15, 0.2) is 54.6 Å². The van der Waals surface area contributed by atoms with Crippen molar-refractivity contribution in [2.75, 3.05) is 5.32 Å². The number of hydrogen-bond donors (Lipinski definition) is 3.